The summed E-state index contributed by atoms with van der Waals surface area (Å²) in [6, 6.07) is 12.4. The fourth-order valence-electron chi connectivity index (χ4n) is 2.99. The van der Waals surface area contributed by atoms with Gasteiger partial charge in [-0.05, 0) is 6.07 Å². The van der Waals surface area contributed by atoms with Gasteiger partial charge < -0.3 is 10.2 Å². The number of aromatic nitrogens is 1. The molecule has 1 saturated heterocycles. The molecule has 1 aliphatic rings. The summed E-state index contributed by atoms with van der Waals surface area (Å²) < 4.78 is 0. The van der Waals surface area contributed by atoms with Crippen LogP contribution < -0.4 is 10.2 Å². The molecule has 0 saturated carbocycles. The van der Waals surface area contributed by atoms with E-state index >= 15 is 0 Å². The summed E-state index contributed by atoms with van der Waals surface area (Å²) in [4.78, 5) is 31.2. The van der Waals surface area contributed by atoms with Crippen LogP contribution in [0.5, 0.6) is 0 Å². The highest BCUT2D eigenvalue weighted by atomic mass is 16.6. The maximum absolute atomic E-state index is 11.5. The lowest BCUT2D eigenvalue weighted by Crippen LogP contribution is -2.49. The van der Waals surface area contributed by atoms with Crippen molar-refractivity contribution in [2.75, 3.05) is 44.7 Å². The molecule has 0 radical (unpaired) electrons. The predicted octanol–water partition coefficient (Wildman–Crippen LogP) is 1.52. The summed E-state index contributed by atoms with van der Waals surface area (Å²) in [6.45, 7) is 3.30. The zero-order valence-electron chi connectivity index (χ0n) is 14.6. The molecule has 0 aliphatic carbocycles. The molecule has 1 aromatic heterocycles. The first-order valence-corrected chi connectivity index (χ1v) is 8.47. The molecular weight excluding hydrogens is 334 g/mol. The molecule has 0 bridgehead atoms. The molecule has 136 valence electrons. The molecule has 8 heteroatoms. The predicted molar refractivity (Wildman–Crippen MR) is 99.0 cm³/mol. The zero-order valence-corrected chi connectivity index (χ0v) is 14.6. The SMILES string of the molecule is CNC(=O)CN1CCN(c2ccc([N+](=O)[O-])c(-c3ccccc3)n2)CC1. The van der Waals surface area contributed by atoms with E-state index in [1.165, 1.54) is 6.07 Å². The number of nitrogens with zero attached hydrogens (tertiary/aromatic N) is 4. The average molecular weight is 355 g/mol. The molecule has 1 N–H and O–H groups in total. The van der Waals surface area contributed by atoms with Crippen LogP contribution in [0.4, 0.5) is 11.5 Å². The number of nitrogens with one attached hydrogen (secondary N) is 1. The molecule has 2 aromatic rings. The van der Waals surface area contributed by atoms with Crippen LogP contribution in [0.1, 0.15) is 0 Å². The van der Waals surface area contributed by atoms with E-state index in [-0.39, 0.29) is 11.6 Å². The summed E-state index contributed by atoms with van der Waals surface area (Å²) in [6.07, 6.45) is 0. The van der Waals surface area contributed by atoms with Crippen molar-refractivity contribution >= 4 is 17.4 Å². The third-order valence-electron chi connectivity index (χ3n) is 4.45. The Balaban J connectivity index is 1.80. The molecule has 0 unspecified atom stereocenters. The monoisotopic (exact) mass is 355 g/mol. The molecule has 3 rings (SSSR count). The topological polar surface area (TPSA) is 91.6 Å². The van der Waals surface area contributed by atoms with Gasteiger partial charge in [0.2, 0.25) is 5.91 Å². The zero-order chi connectivity index (χ0) is 18.5. The Hall–Kier alpha value is -3.00. The quantitative estimate of drug-likeness (QED) is 0.646. The van der Waals surface area contributed by atoms with E-state index in [4.69, 9.17) is 0 Å². The largest absolute Gasteiger partial charge is 0.358 e. The number of benzene rings is 1. The van der Waals surface area contributed by atoms with Crippen molar-refractivity contribution in [2.45, 2.75) is 0 Å². The van der Waals surface area contributed by atoms with E-state index in [2.05, 4.69) is 20.1 Å². The fraction of sp³-hybridized carbons (Fsp3) is 0.333. The lowest BCUT2D eigenvalue weighted by atomic mass is 10.1. The van der Waals surface area contributed by atoms with Gasteiger partial charge in [0.25, 0.3) is 5.69 Å². The van der Waals surface area contributed by atoms with E-state index < -0.39 is 4.92 Å². The van der Waals surface area contributed by atoms with Gasteiger partial charge >= 0.3 is 0 Å². The van der Waals surface area contributed by atoms with Crippen LogP contribution in [-0.2, 0) is 4.79 Å². The summed E-state index contributed by atoms with van der Waals surface area (Å²) in [5.74, 6) is 0.715. The maximum atomic E-state index is 11.5. The van der Waals surface area contributed by atoms with E-state index in [1.54, 1.807) is 13.1 Å². The molecule has 0 atom stereocenters. The van der Waals surface area contributed by atoms with Gasteiger partial charge in [0.1, 0.15) is 5.82 Å². The van der Waals surface area contributed by atoms with Crippen molar-refractivity contribution in [3.05, 3.63) is 52.6 Å². The van der Waals surface area contributed by atoms with Gasteiger partial charge in [0.15, 0.2) is 5.69 Å². The van der Waals surface area contributed by atoms with E-state index in [9.17, 15) is 14.9 Å². The number of nitro groups is 1. The van der Waals surface area contributed by atoms with Crippen LogP contribution in [0.25, 0.3) is 11.3 Å². The number of pyridine rings is 1. The second kappa shape index (κ2) is 7.92. The number of rotatable bonds is 5. The summed E-state index contributed by atoms with van der Waals surface area (Å²) in [5, 5.41) is 14.0. The first-order valence-electron chi connectivity index (χ1n) is 8.47. The van der Waals surface area contributed by atoms with Crippen LogP contribution in [0.15, 0.2) is 42.5 Å². The number of carbonyl (C=O) groups excluding carboxylic acids is 1. The molecule has 1 amide bonds. The highest BCUT2D eigenvalue weighted by molar-refractivity contribution is 5.77. The summed E-state index contributed by atoms with van der Waals surface area (Å²) in [5.41, 5.74) is 1.10. The number of anilines is 1. The highest BCUT2D eigenvalue weighted by Crippen LogP contribution is 2.30. The lowest BCUT2D eigenvalue weighted by Gasteiger charge is -2.35. The van der Waals surface area contributed by atoms with Crippen molar-refractivity contribution in [1.29, 1.82) is 0 Å². The Morgan fingerprint density at radius 3 is 2.46 bits per heavy atom. The molecule has 0 spiro atoms. The highest BCUT2D eigenvalue weighted by Gasteiger charge is 2.23. The maximum Gasteiger partial charge on any atom is 0.295 e. The van der Waals surface area contributed by atoms with Gasteiger partial charge in [0, 0.05) is 44.9 Å². The Kier molecular flexibility index (Phi) is 5.43. The first-order chi connectivity index (χ1) is 12.6. The van der Waals surface area contributed by atoms with Crippen LogP contribution in [0.3, 0.4) is 0 Å². The molecule has 8 nitrogen and oxygen atoms in total. The molecule has 1 fully saturated rings. The summed E-state index contributed by atoms with van der Waals surface area (Å²) >= 11 is 0. The molecule has 2 heterocycles. The standard InChI is InChI=1S/C18H21N5O3/c1-19-17(24)13-21-9-11-22(12-10-21)16-8-7-15(23(25)26)18(20-16)14-5-3-2-4-6-14/h2-8H,9-13H2,1H3,(H,19,24). The van der Waals surface area contributed by atoms with E-state index in [0.29, 0.717) is 18.1 Å². The Morgan fingerprint density at radius 2 is 1.85 bits per heavy atom. The second-order valence-corrected chi connectivity index (χ2v) is 6.10. The smallest absolute Gasteiger partial charge is 0.295 e. The van der Waals surface area contributed by atoms with Crippen LogP contribution in [-0.4, -0.2) is 60.5 Å². The number of carbonyl (C=O) groups is 1. The van der Waals surface area contributed by atoms with Crippen molar-refractivity contribution in [3.8, 4) is 11.3 Å². The molecule has 26 heavy (non-hydrogen) atoms. The number of likely N-dealkylation sites (N-methyl/N-ethyl adjacent to an activating group) is 1. The molecular formula is C18H21N5O3. The van der Waals surface area contributed by atoms with Crippen LogP contribution >= 0.6 is 0 Å². The lowest BCUT2D eigenvalue weighted by molar-refractivity contribution is -0.384. The normalized spacial score (nSPS) is 14.9. The van der Waals surface area contributed by atoms with E-state index in [1.807, 2.05) is 30.3 Å². The van der Waals surface area contributed by atoms with Gasteiger partial charge in [-0.25, -0.2) is 4.98 Å². The minimum atomic E-state index is -0.402. The van der Waals surface area contributed by atoms with Crippen molar-refractivity contribution in [1.82, 2.24) is 15.2 Å². The number of piperazine rings is 1. The minimum absolute atomic E-state index is 0.00160. The minimum Gasteiger partial charge on any atom is -0.358 e. The van der Waals surface area contributed by atoms with E-state index in [0.717, 1.165) is 31.7 Å². The second-order valence-electron chi connectivity index (χ2n) is 6.10. The van der Waals surface area contributed by atoms with Gasteiger partial charge in [-0.2, -0.15) is 0 Å². The Bertz CT molecular complexity index is 789. The third-order valence-corrected chi connectivity index (χ3v) is 4.45. The number of amides is 1. The van der Waals surface area contributed by atoms with Gasteiger partial charge in [-0.3, -0.25) is 19.8 Å². The third kappa shape index (κ3) is 3.97. The fourth-order valence-corrected chi connectivity index (χ4v) is 2.99. The Labute approximate surface area is 151 Å². The van der Waals surface area contributed by atoms with Crippen molar-refractivity contribution in [2.24, 2.45) is 0 Å². The summed E-state index contributed by atoms with van der Waals surface area (Å²) in [7, 11) is 1.63. The molecule has 1 aliphatic heterocycles. The van der Waals surface area contributed by atoms with Crippen LogP contribution in [0.2, 0.25) is 0 Å². The molecule has 1 aromatic carbocycles. The number of hydrogen-bond acceptors (Lipinski definition) is 6. The first kappa shape index (κ1) is 17.8. The van der Waals surface area contributed by atoms with Crippen molar-refractivity contribution < 1.29 is 9.72 Å². The van der Waals surface area contributed by atoms with Gasteiger partial charge in [-0.1, -0.05) is 30.3 Å². The average Bonchev–Trinajstić information content (AvgIpc) is 2.68. The van der Waals surface area contributed by atoms with Crippen LogP contribution in [0, 0.1) is 10.1 Å². The van der Waals surface area contributed by atoms with Crippen molar-refractivity contribution in [3.63, 3.8) is 0 Å². The Morgan fingerprint density at radius 1 is 1.15 bits per heavy atom. The van der Waals surface area contributed by atoms with Gasteiger partial charge in [0.05, 0.1) is 11.5 Å². The number of hydrogen-bond donors (Lipinski definition) is 1. The van der Waals surface area contributed by atoms with Gasteiger partial charge in [-0.15, -0.1) is 0 Å².